The van der Waals surface area contributed by atoms with E-state index < -0.39 is 5.82 Å². The van der Waals surface area contributed by atoms with Crippen molar-refractivity contribution < 1.29 is 9.13 Å². The van der Waals surface area contributed by atoms with Gasteiger partial charge in [-0.25, -0.2) is 9.37 Å². The number of nitrogens with zero attached hydrogens (tertiary/aromatic N) is 2. The molecule has 0 bridgehead atoms. The van der Waals surface area contributed by atoms with Crippen molar-refractivity contribution in [3.8, 4) is 17.7 Å². The second kappa shape index (κ2) is 4.49. The lowest BCUT2D eigenvalue weighted by atomic mass is 10.2. The fourth-order valence-electron chi connectivity index (χ4n) is 1.22. The summed E-state index contributed by atoms with van der Waals surface area (Å²) >= 11 is 0. The van der Waals surface area contributed by atoms with E-state index in [0.29, 0.717) is 11.6 Å². The van der Waals surface area contributed by atoms with E-state index in [1.54, 1.807) is 18.2 Å². The van der Waals surface area contributed by atoms with Gasteiger partial charge in [-0.05, 0) is 18.2 Å². The number of benzene rings is 1. The van der Waals surface area contributed by atoms with Crippen LogP contribution in [0.5, 0.6) is 11.6 Å². The molecule has 0 saturated carbocycles. The van der Waals surface area contributed by atoms with Gasteiger partial charge in [0.1, 0.15) is 17.6 Å². The fraction of sp³-hybridized carbons (Fsp3) is 0. The van der Waals surface area contributed by atoms with Crippen molar-refractivity contribution >= 4 is 5.69 Å². The molecule has 0 saturated heterocycles. The number of hydrogen-bond acceptors (Lipinski definition) is 4. The summed E-state index contributed by atoms with van der Waals surface area (Å²) in [6, 6.07) is 8.92. The van der Waals surface area contributed by atoms with Crippen molar-refractivity contribution in [3.63, 3.8) is 0 Å². The first-order valence-corrected chi connectivity index (χ1v) is 4.78. The SMILES string of the molecule is N#Cc1ccc(Oc2ccc(N)cn2)cc1F. The monoisotopic (exact) mass is 229 g/mol. The second-order valence-electron chi connectivity index (χ2n) is 3.29. The zero-order valence-electron chi connectivity index (χ0n) is 8.72. The van der Waals surface area contributed by atoms with E-state index in [4.69, 9.17) is 15.7 Å². The average molecular weight is 229 g/mol. The smallest absolute Gasteiger partial charge is 0.219 e. The Kier molecular flexibility index (Phi) is 2.88. The summed E-state index contributed by atoms with van der Waals surface area (Å²) in [7, 11) is 0. The Balaban J connectivity index is 2.22. The molecule has 84 valence electrons. The lowest BCUT2D eigenvalue weighted by Gasteiger charge is -2.05. The minimum atomic E-state index is -0.625. The minimum absolute atomic E-state index is 0.0254. The summed E-state index contributed by atoms with van der Waals surface area (Å²) in [5.74, 6) is -0.0393. The van der Waals surface area contributed by atoms with E-state index in [0.717, 1.165) is 6.07 Å². The predicted molar refractivity (Wildman–Crippen MR) is 59.8 cm³/mol. The van der Waals surface area contributed by atoms with Crippen molar-refractivity contribution in [1.29, 1.82) is 5.26 Å². The number of nitriles is 1. The van der Waals surface area contributed by atoms with Gasteiger partial charge in [0, 0.05) is 12.1 Å². The molecule has 2 N–H and O–H groups in total. The largest absolute Gasteiger partial charge is 0.439 e. The van der Waals surface area contributed by atoms with Crippen LogP contribution in [0, 0.1) is 17.1 Å². The first-order chi connectivity index (χ1) is 8.19. The Morgan fingerprint density at radius 1 is 1.29 bits per heavy atom. The molecule has 5 heteroatoms. The third kappa shape index (κ3) is 2.49. The van der Waals surface area contributed by atoms with Gasteiger partial charge in [0.25, 0.3) is 0 Å². The van der Waals surface area contributed by atoms with E-state index in [9.17, 15) is 4.39 Å². The quantitative estimate of drug-likeness (QED) is 0.858. The highest BCUT2D eigenvalue weighted by molar-refractivity contribution is 5.39. The van der Waals surface area contributed by atoms with Crippen LogP contribution in [0.15, 0.2) is 36.5 Å². The van der Waals surface area contributed by atoms with E-state index in [1.807, 2.05) is 0 Å². The van der Waals surface area contributed by atoms with Crippen molar-refractivity contribution in [2.24, 2.45) is 0 Å². The van der Waals surface area contributed by atoms with E-state index in [-0.39, 0.29) is 11.3 Å². The van der Waals surface area contributed by atoms with Crippen LogP contribution in [-0.2, 0) is 0 Å². The first-order valence-electron chi connectivity index (χ1n) is 4.78. The van der Waals surface area contributed by atoms with E-state index in [2.05, 4.69) is 4.98 Å². The number of pyridine rings is 1. The molecular weight excluding hydrogens is 221 g/mol. The molecule has 1 aromatic carbocycles. The number of aromatic nitrogens is 1. The molecule has 2 aromatic rings. The fourth-order valence-corrected chi connectivity index (χ4v) is 1.22. The maximum absolute atomic E-state index is 13.3. The van der Waals surface area contributed by atoms with Gasteiger partial charge in [-0.1, -0.05) is 0 Å². The Hall–Kier alpha value is -2.61. The van der Waals surface area contributed by atoms with E-state index in [1.165, 1.54) is 18.3 Å². The van der Waals surface area contributed by atoms with Gasteiger partial charge < -0.3 is 10.5 Å². The van der Waals surface area contributed by atoms with Gasteiger partial charge in [-0.3, -0.25) is 0 Å². The summed E-state index contributed by atoms with van der Waals surface area (Å²) < 4.78 is 18.6. The molecule has 0 atom stereocenters. The summed E-state index contributed by atoms with van der Waals surface area (Å²) in [5, 5.41) is 8.57. The number of anilines is 1. The highest BCUT2D eigenvalue weighted by Crippen LogP contribution is 2.22. The summed E-state index contributed by atoms with van der Waals surface area (Å²) in [5.41, 5.74) is 5.96. The molecular formula is C12H8FN3O. The molecule has 0 aliphatic heterocycles. The molecule has 17 heavy (non-hydrogen) atoms. The zero-order chi connectivity index (χ0) is 12.3. The standard InChI is InChI=1S/C12H8FN3O/c13-11-5-10(3-1-8(11)6-14)17-12-4-2-9(15)7-16-12/h1-5,7H,15H2. The van der Waals surface area contributed by atoms with Crippen LogP contribution >= 0.6 is 0 Å². The zero-order valence-corrected chi connectivity index (χ0v) is 8.72. The highest BCUT2D eigenvalue weighted by Gasteiger charge is 2.04. The van der Waals surface area contributed by atoms with Crippen molar-refractivity contribution in [1.82, 2.24) is 4.98 Å². The van der Waals surface area contributed by atoms with Crippen LogP contribution < -0.4 is 10.5 Å². The Bertz CT molecular complexity index is 575. The molecule has 0 aliphatic rings. The Morgan fingerprint density at radius 3 is 2.71 bits per heavy atom. The van der Waals surface area contributed by atoms with Crippen molar-refractivity contribution in [2.75, 3.05) is 5.73 Å². The maximum Gasteiger partial charge on any atom is 0.219 e. The molecule has 0 radical (unpaired) electrons. The third-order valence-corrected chi connectivity index (χ3v) is 2.04. The third-order valence-electron chi connectivity index (χ3n) is 2.04. The molecule has 4 nitrogen and oxygen atoms in total. The number of ether oxygens (including phenoxy) is 1. The lowest BCUT2D eigenvalue weighted by Crippen LogP contribution is -1.91. The van der Waals surface area contributed by atoms with Crippen LogP contribution in [0.1, 0.15) is 5.56 Å². The number of hydrogen-bond donors (Lipinski definition) is 1. The van der Waals surface area contributed by atoms with Crippen LogP contribution in [0.4, 0.5) is 10.1 Å². The number of rotatable bonds is 2. The molecule has 0 unspecified atom stereocenters. The van der Waals surface area contributed by atoms with Gasteiger partial charge in [0.05, 0.1) is 17.4 Å². The Labute approximate surface area is 97.1 Å². The highest BCUT2D eigenvalue weighted by atomic mass is 19.1. The molecule has 0 amide bonds. The predicted octanol–water partition coefficient (Wildman–Crippen LogP) is 2.47. The van der Waals surface area contributed by atoms with Crippen LogP contribution in [0.3, 0.4) is 0 Å². The van der Waals surface area contributed by atoms with Crippen LogP contribution in [0.2, 0.25) is 0 Å². The van der Waals surface area contributed by atoms with Gasteiger partial charge in [0.15, 0.2) is 0 Å². The minimum Gasteiger partial charge on any atom is -0.439 e. The molecule has 1 aromatic heterocycles. The topological polar surface area (TPSA) is 71.9 Å². The van der Waals surface area contributed by atoms with Gasteiger partial charge in [0.2, 0.25) is 5.88 Å². The molecule has 1 heterocycles. The van der Waals surface area contributed by atoms with Gasteiger partial charge in [-0.15, -0.1) is 0 Å². The van der Waals surface area contributed by atoms with Crippen molar-refractivity contribution in [2.45, 2.75) is 0 Å². The second-order valence-corrected chi connectivity index (χ2v) is 3.29. The maximum atomic E-state index is 13.3. The van der Waals surface area contributed by atoms with Crippen LogP contribution in [-0.4, -0.2) is 4.98 Å². The van der Waals surface area contributed by atoms with Crippen molar-refractivity contribution in [3.05, 3.63) is 47.9 Å². The van der Waals surface area contributed by atoms with Gasteiger partial charge in [-0.2, -0.15) is 5.26 Å². The Morgan fingerprint density at radius 2 is 2.12 bits per heavy atom. The normalized spacial score (nSPS) is 9.65. The first kappa shape index (κ1) is 10.9. The van der Waals surface area contributed by atoms with E-state index >= 15 is 0 Å². The number of halogens is 1. The molecule has 0 aliphatic carbocycles. The van der Waals surface area contributed by atoms with Gasteiger partial charge >= 0.3 is 0 Å². The number of nitrogens with two attached hydrogens (primary N) is 1. The molecule has 0 fully saturated rings. The summed E-state index contributed by atoms with van der Waals surface area (Å²) in [6.45, 7) is 0. The molecule has 0 spiro atoms. The summed E-state index contributed by atoms with van der Waals surface area (Å²) in [6.07, 6.45) is 1.44. The van der Waals surface area contributed by atoms with Crippen LogP contribution in [0.25, 0.3) is 0 Å². The molecule has 2 rings (SSSR count). The number of nitrogen functional groups attached to an aromatic ring is 1. The average Bonchev–Trinajstić information content (AvgIpc) is 2.32. The lowest BCUT2D eigenvalue weighted by molar-refractivity contribution is 0.458. The summed E-state index contributed by atoms with van der Waals surface area (Å²) in [4.78, 5) is 3.91.